The van der Waals surface area contributed by atoms with Gasteiger partial charge in [-0.05, 0) is 54.7 Å². The Bertz CT molecular complexity index is 912. The standard InChI is InChI=1S/C20H17ClN2O/c1-13-3-2-4-17(9-13)23-19-10-15(11-20(24)18(19)12-22-23)14-5-7-16(21)8-6-14/h2-9,12,15H,10-11H2,1H3/t15-/m1/s1. The van der Waals surface area contributed by atoms with Crippen molar-refractivity contribution < 1.29 is 4.79 Å². The largest absolute Gasteiger partial charge is 0.294 e. The molecule has 0 unspecified atom stereocenters. The van der Waals surface area contributed by atoms with E-state index in [1.54, 1.807) is 6.20 Å². The minimum Gasteiger partial charge on any atom is -0.294 e. The van der Waals surface area contributed by atoms with Gasteiger partial charge < -0.3 is 0 Å². The minimum absolute atomic E-state index is 0.162. The number of aryl methyl sites for hydroxylation is 1. The number of fused-ring (bicyclic) bond motifs is 1. The Morgan fingerprint density at radius 2 is 1.92 bits per heavy atom. The highest BCUT2D eigenvalue weighted by Gasteiger charge is 2.30. The summed E-state index contributed by atoms with van der Waals surface area (Å²) in [6.07, 6.45) is 3.03. The molecule has 1 aromatic heterocycles. The summed E-state index contributed by atoms with van der Waals surface area (Å²) >= 11 is 5.98. The zero-order valence-corrected chi connectivity index (χ0v) is 14.1. The molecule has 1 atom stereocenters. The van der Waals surface area contributed by atoms with Crippen LogP contribution in [0.5, 0.6) is 0 Å². The van der Waals surface area contributed by atoms with E-state index in [9.17, 15) is 4.79 Å². The fourth-order valence-electron chi connectivity index (χ4n) is 3.40. The zero-order valence-electron chi connectivity index (χ0n) is 13.4. The van der Waals surface area contributed by atoms with Gasteiger partial charge in [-0.2, -0.15) is 5.10 Å². The van der Waals surface area contributed by atoms with Crippen LogP contribution in [-0.4, -0.2) is 15.6 Å². The summed E-state index contributed by atoms with van der Waals surface area (Å²) in [7, 11) is 0. The number of Topliss-reactive ketones (excluding diaryl/α,β-unsaturated/α-hetero) is 1. The molecule has 0 amide bonds. The normalized spacial score (nSPS) is 16.9. The second-order valence-electron chi connectivity index (χ2n) is 6.34. The van der Waals surface area contributed by atoms with E-state index in [0.29, 0.717) is 11.4 Å². The van der Waals surface area contributed by atoms with Gasteiger partial charge in [0.05, 0.1) is 23.1 Å². The molecule has 0 radical (unpaired) electrons. The van der Waals surface area contributed by atoms with Crippen molar-refractivity contribution in [3.63, 3.8) is 0 Å². The molecule has 3 nitrogen and oxygen atoms in total. The van der Waals surface area contributed by atoms with Gasteiger partial charge in [0.2, 0.25) is 0 Å². The van der Waals surface area contributed by atoms with Gasteiger partial charge in [0.15, 0.2) is 5.78 Å². The smallest absolute Gasteiger partial charge is 0.166 e. The number of benzene rings is 2. The van der Waals surface area contributed by atoms with Gasteiger partial charge in [0.25, 0.3) is 0 Å². The van der Waals surface area contributed by atoms with Crippen LogP contribution < -0.4 is 0 Å². The van der Waals surface area contributed by atoms with Gasteiger partial charge >= 0.3 is 0 Å². The Morgan fingerprint density at radius 3 is 2.67 bits per heavy atom. The van der Waals surface area contributed by atoms with Crippen LogP contribution in [0.15, 0.2) is 54.7 Å². The Labute approximate surface area is 145 Å². The van der Waals surface area contributed by atoms with Crippen molar-refractivity contribution in [2.24, 2.45) is 0 Å². The number of carbonyl (C=O) groups excluding carboxylic acids is 1. The monoisotopic (exact) mass is 336 g/mol. The summed E-state index contributed by atoms with van der Waals surface area (Å²) in [4.78, 5) is 12.6. The van der Waals surface area contributed by atoms with Crippen molar-refractivity contribution >= 4 is 17.4 Å². The highest BCUT2D eigenvalue weighted by molar-refractivity contribution is 6.30. The van der Waals surface area contributed by atoms with Crippen molar-refractivity contribution in [1.29, 1.82) is 0 Å². The number of halogens is 1. The molecule has 2 aromatic carbocycles. The third-order valence-corrected chi connectivity index (χ3v) is 4.88. The average molecular weight is 337 g/mol. The highest BCUT2D eigenvalue weighted by Crippen LogP contribution is 2.34. The quantitative estimate of drug-likeness (QED) is 0.677. The number of ketones is 1. The maximum atomic E-state index is 12.6. The fourth-order valence-corrected chi connectivity index (χ4v) is 3.52. The lowest BCUT2D eigenvalue weighted by atomic mass is 9.82. The predicted molar refractivity (Wildman–Crippen MR) is 95.1 cm³/mol. The predicted octanol–water partition coefficient (Wildman–Crippen LogP) is 4.75. The van der Waals surface area contributed by atoms with E-state index in [1.807, 2.05) is 41.1 Å². The van der Waals surface area contributed by atoms with E-state index in [-0.39, 0.29) is 11.7 Å². The second-order valence-corrected chi connectivity index (χ2v) is 6.77. The third-order valence-electron chi connectivity index (χ3n) is 4.63. The van der Waals surface area contributed by atoms with Crippen LogP contribution in [-0.2, 0) is 6.42 Å². The molecule has 0 aliphatic heterocycles. The van der Waals surface area contributed by atoms with Gasteiger partial charge in [0.1, 0.15) is 0 Å². The molecule has 120 valence electrons. The van der Waals surface area contributed by atoms with Crippen molar-refractivity contribution in [2.45, 2.75) is 25.7 Å². The molecule has 0 fully saturated rings. The number of carbonyl (C=O) groups is 1. The maximum Gasteiger partial charge on any atom is 0.166 e. The average Bonchev–Trinajstić information content (AvgIpc) is 3.00. The summed E-state index contributed by atoms with van der Waals surface area (Å²) in [5.74, 6) is 0.331. The van der Waals surface area contributed by atoms with Crippen molar-refractivity contribution in [2.75, 3.05) is 0 Å². The molecule has 0 bridgehead atoms. The molecule has 0 saturated carbocycles. The highest BCUT2D eigenvalue weighted by atomic mass is 35.5. The number of nitrogens with zero attached hydrogens (tertiary/aromatic N) is 2. The molecule has 24 heavy (non-hydrogen) atoms. The Hall–Kier alpha value is -2.39. The molecular weight excluding hydrogens is 320 g/mol. The molecule has 0 spiro atoms. The number of rotatable bonds is 2. The van der Waals surface area contributed by atoms with Crippen LogP contribution in [0.4, 0.5) is 0 Å². The van der Waals surface area contributed by atoms with Crippen LogP contribution in [0, 0.1) is 6.92 Å². The maximum absolute atomic E-state index is 12.6. The van der Waals surface area contributed by atoms with Crippen LogP contribution in [0.1, 0.15) is 39.5 Å². The van der Waals surface area contributed by atoms with Crippen LogP contribution in [0.3, 0.4) is 0 Å². The molecule has 0 N–H and O–H groups in total. The van der Waals surface area contributed by atoms with Crippen LogP contribution in [0.2, 0.25) is 5.02 Å². The molecule has 1 aliphatic rings. The Kier molecular flexibility index (Phi) is 3.73. The topological polar surface area (TPSA) is 34.9 Å². The first-order chi connectivity index (χ1) is 11.6. The first kappa shape index (κ1) is 15.2. The van der Waals surface area contributed by atoms with Crippen molar-refractivity contribution in [1.82, 2.24) is 9.78 Å². The molecular formula is C20H17ClN2O. The lowest BCUT2D eigenvalue weighted by Gasteiger charge is -2.23. The summed E-state index contributed by atoms with van der Waals surface area (Å²) < 4.78 is 1.91. The van der Waals surface area contributed by atoms with Crippen molar-refractivity contribution in [3.05, 3.63) is 82.1 Å². The van der Waals surface area contributed by atoms with E-state index in [2.05, 4.69) is 24.2 Å². The molecule has 1 aliphatic carbocycles. The first-order valence-corrected chi connectivity index (χ1v) is 8.42. The summed E-state index contributed by atoms with van der Waals surface area (Å²) in [6, 6.07) is 16.0. The van der Waals surface area contributed by atoms with E-state index in [0.717, 1.165) is 28.9 Å². The molecule has 4 heteroatoms. The van der Waals surface area contributed by atoms with Crippen LogP contribution in [0.25, 0.3) is 5.69 Å². The SMILES string of the molecule is Cc1cccc(-n2ncc3c2C[C@@H](c2ccc(Cl)cc2)CC3=O)c1. The van der Waals surface area contributed by atoms with E-state index in [1.165, 1.54) is 5.56 Å². The van der Waals surface area contributed by atoms with Crippen molar-refractivity contribution in [3.8, 4) is 5.69 Å². The van der Waals surface area contributed by atoms with Gasteiger partial charge in [-0.15, -0.1) is 0 Å². The van der Waals surface area contributed by atoms with E-state index >= 15 is 0 Å². The number of hydrogen-bond acceptors (Lipinski definition) is 2. The molecule has 1 heterocycles. The third kappa shape index (κ3) is 2.65. The molecule has 3 aromatic rings. The Morgan fingerprint density at radius 1 is 1.12 bits per heavy atom. The van der Waals surface area contributed by atoms with Gasteiger partial charge in [-0.25, -0.2) is 4.68 Å². The van der Waals surface area contributed by atoms with Gasteiger partial charge in [-0.1, -0.05) is 35.9 Å². The number of hydrogen-bond donors (Lipinski definition) is 0. The van der Waals surface area contributed by atoms with Gasteiger partial charge in [0, 0.05) is 11.4 Å². The lowest BCUT2D eigenvalue weighted by molar-refractivity contribution is 0.0964. The lowest BCUT2D eigenvalue weighted by Crippen LogP contribution is -2.20. The molecule has 4 rings (SSSR count). The molecule has 0 saturated heterocycles. The van der Waals surface area contributed by atoms with E-state index < -0.39 is 0 Å². The Balaban J connectivity index is 1.75. The van der Waals surface area contributed by atoms with Gasteiger partial charge in [-0.3, -0.25) is 4.79 Å². The second kappa shape index (κ2) is 5.91. The minimum atomic E-state index is 0.162. The fraction of sp³-hybridized carbons (Fsp3) is 0.200. The summed E-state index contributed by atoms with van der Waals surface area (Å²) in [5, 5.41) is 5.19. The summed E-state index contributed by atoms with van der Waals surface area (Å²) in [6.45, 7) is 2.06. The first-order valence-electron chi connectivity index (χ1n) is 8.04. The summed E-state index contributed by atoms with van der Waals surface area (Å²) in [5.41, 5.74) is 5.07. The van der Waals surface area contributed by atoms with Crippen LogP contribution >= 0.6 is 11.6 Å². The number of aromatic nitrogens is 2. The zero-order chi connectivity index (χ0) is 16.7. The van der Waals surface area contributed by atoms with E-state index in [4.69, 9.17) is 11.6 Å².